The molecule has 3 aliphatic heterocycles. The van der Waals surface area contributed by atoms with E-state index in [9.17, 15) is 14.7 Å². The van der Waals surface area contributed by atoms with Crippen LogP contribution in [0.15, 0.2) is 6.07 Å². The monoisotopic (exact) mass is 482 g/mol. The summed E-state index contributed by atoms with van der Waals surface area (Å²) in [6.45, 7) is 10.0. The maximum absolute atomic E-state index is 12.4. The zero-order valence-corrected chi connectivity index (χ0v) is 20.0. The molecule has 2 N–H and O–H groups in total. The van der Waals surface area contributed by atoms with Gasteiger partial charge in [0.05, 0.1) is 19.3 Å². The Morgan fingerprint density at radius 1 is 1.36 bits per heavy atom. The van der Waals surface area contributed by atoms with Gasteiger partial charge < -0.3 is 34.4 Å². The van der Waals surface area contributed by atoms with Crippen LogP contribution in [-0.2, 0) is 9.47 Å². The number of halogens is 1. The van der Waals surface area contributed by atoms with Crippen LogP contribution in [0.3, 0.4) is 0 Å². The molecule has 3 aliphatic rings. The molecule has 1 unspecified atom stereocenters. The van der Waals surface area contributed by atoms with E-state index in [4.69, 9.17) is 25.8 Å². The number of aromatic carboxylic acids is 1. The predicted octanol–water partition coefficient (Wildman–Crippen LogP) is 2.25. The average molecular weight is 483 g/mol. The highest BCUT2D eigenvalue weighted by molar-refractivity contribution is 6.31. The minimum Gasteiger partial charge on any atom is -0.489 e. The van der Waals surface area contributed by atoms with Crippen molar-refractivity contribution in [3.63, 3.8) is 0 Å². The van der Waals surface area contributed by atoms with Crippen LogP contribution in [0.5, 0.6) is 5.75 Å². The molecule has 33 heavy (non-hydrogen) atoms. The highest BCUT2D eigenvalue weighted by Crippen LogP contribution is 2.41. The second-order valence-electron chi connectivity index (χ2n) is 10.0. The van der Waals surface area contributed by atoms with Crippen molar-refractivity contribution in [2.75, 3.05) is 57.4 Å². The van der Waals surface area contributed by atoms with E-state index in [1.54, 1.807) is 4.90 Å². The number of amides is 1. The number of ether oxygens (including phenoxy) is 3. The Hall–Kier alpha value is -2.30. The van der Waals surface area contributed by atoms with E-state index >= 15 is 0 Å². The number of hydrogen-bond donors (Lipinski definition) is 2. The van der Waals surface area contributed by atoms with Gasteiger partial charge in [0.1, 0.15) is 23.6 Å². The number of rotatable bonds is 5. The van der Waals surface area contributed by atoms with Crippen LogP contribution in [0.25, 0.3) is 0 Å². The molecule has 3 saturated heterocycles. The molecule has 11 heteroatoms. The Kier molecular flexibility index (Phi) is 6.61. The number of pyridine rings is 1. The van der Waals surface area contributed by atoms with Crippen molar-refractivity contribution in [2.45, 2.75) is 38.8 Å². The smallest absolute Gasteiger partial charge is 0.410 e. The van der Waals surface area contributed by atoms with Crippen LogP contribution >= 0.6 is 11.6 Å². The average Bonchev–Trinajstić information content (AvgIpc) is 3.18. The molecule has 1 amide bonds. The predicted molar refractivity (Wildman–Crippen MR) is 121 cm³/mol. The Bertz CT molecular complexity index is 917. The van der Waals surface area contributed by atoms with Crippen LogP contribution in [0.2, 0.25) is 5.15 Å². The van der Waals surface area contributed by atoms with Crippen molar-refractivity contribution < 1.29 is 28.9 Å². The van der Waals surface area contributed by atoms with Crippen molar-refractivity contribution in [3.05, 3.63) is 16.8 Å². The molecule has 4 rings (SSSR count). The lowest BCUT2D eigenvalue weighted by molar-refractivity contribution is -0.0985. The highest BCUT2D eigenvalue weighted by Gasteiger charge is 2.45. The number of aromatic nitrogens is 1. The lowest BCUT2D eigenvalue weighted by atomic mass is 9.85. The summed E-state index contributed by atoms with van der Waals surface area (Å²) in [6, 6.07) is 1.27. The third-order valence-electron chi connectivity index (χ3n) is 6.06. The minimum absolute atomic E-state index is 0.0543. The van der Waals surface area contributed by atoms with E-state index in [0.717, 1.165) is 6.42 Å². The first-order chi connectivity index (χ1) is 15.6. The molecule has 3 fully saturated rings. The first kappa shape index (κ1) is 23.8. The SMILES string of the molecule is CC(C)(C)OC(=O)N1CCNC(COc2cc(C(=O)O)c(N3CCC4(COC4)C3)nc2Cl)C1. The number of anilines is 1. The lowest BCUT2D eigenvalue weighted by Crippen LogP contribution is -2.55. The van der Waals surface area contributed by atoms with Crippen molar-refractivity contribution in [2.24, 2.45) is 5.41 Å². The molecule has 0 aromatic carbocycles. The molecular formula is C22H31ClN4O6. The largest absolute Gasteiger partial charge is 0.489 e. The molecule has 0 radical (unpaired) electrons. The van der Waals surface area contributed by atoms with Gasteiger partial charge in [-0.1, -0.05) is 11.6 Å². The normalized spacial score (nSPS) is 22.2. The Balaban J connectivity index is 1.41. The Morgan fingerprint density at radius 3 is 2.73 bits per heavy atom. The number of piperazine rings is 1. The fourth-order valence-electron chi connectivity index (χ4n) is 4.33. The molecule has 1 aromatic rings. The first-order valence-electron chi connectivity index (χ1n) is 11.2. The van der Waals surface area contributed by atoms with E-state index in [2.05, 4.69) is 10.3 Å². The number of carbonyl (C=O) groups is 2. The third kappa shape index (κ3) is 5.44. The van der Waals surface area contributed by atoms with E-state index in [0.29, 0.717) is 51.8 Å². The molecule has 1 atom stereocenters. The quantitative estimate of drug-likeness (QED) is 0.610. The van der Waals surface area contributed by atoms with Crippen molar-refractivity contribution in [3.8, 4) is 5.75 Å². The minimum atomic E-state index is -1.09. The number of hydrogen-bond acceptors (Lipinski definition) is 8. The van der Waals surface area contributed by atoms with Gasteiger partial charge in [-0.2, -0.15) is 0 Å². The fraction of sp³-hybridized carbons (Fsp3) is 0.682. The topological polar surface area (TPSA) is 113 Å². The summed E-state index contributed by atoms with van der Waals surface area (Å²) in [5.41, 5.74) is -0.423. The molecule has 182 valence electrons. The van der Waals surface area contributed by atoms with Crippen molar-refractivity contribution >= 4 is 29.5 Å². The van der Waals surface area contributed by atoms with Gasteiger partial charge in [-0.25, -0.2) is 14.6 Å². The van der Waals surface area contributed by atoms with Gasteiger partial charge in [0.25, 0.3) is 0 Å². The van der Waals surface area contributed by atoms with Crippen molar-refractivity contribution in [1.29, 1.82) is 0 Å². The number of nitrogens with zero attached hydrogens (tertiary/aromatic N) is 3. The van der Waals surface area contributed by atoms with Crippen molar-refractivity contribution in [1.82, 2.24) is 15.2 Å². The number of carboxylic acids is 1. The van der Waals surface area contributed by atoms with Gasteiger partial charge in [-0.15, -0.1) is 0 Å². The second-order valence-corrected chi connectivity index (χ2v) is 10.4. The highest BCUT2D eigenvalue weighted by atomic mass is 35.5. The summed E-state index contributed by atoms with van der Waals surface area (Å²) in [6.07, 6.45) is 0.567. The van der Waals surface area contributed by atoms with E-state index in [1.807, 2.05) is 25.7 Å². The maximum atomic E-state index is 12.4. The van der Waals surface area contributed by atoms with E-state index in [1.165, 1.54) is 6.07 Å². The van der Waals surface area contributed by atoms with E-state index < -0.39 is 11.6 Å². The van der Waals surface area contributed by atoms with Gasteiger partial charge in [0, 0.05) is 44.2 Å². The summed E-state index contributed by atoms with van der Waals surface area (Å²) >= 11 is 6.39. The lowest BCUT2D eigenvalue weighted by Gasteiger charge is -2.37. The second kappa shape index (κ2) is 9.15. The molecule has 0 bridgehead atoms. The summed E-state index contributed by atoms with van der Waals surface area (Å²) in [4.78, 5) is 32.3. The summed E-state index contributed by atoms with van der Waals surface area (Å²) in [5.74, 6) is -0.526. The first-order valence-corrected chi connectivity index (χ1v) is 11.5. The van der Waals surface area contributed by atoms with Crippen LogP contribution in [0.1, 0.15) is 37.6 Å². The molecule has 0 saturated carbocycles. The standard InChI is InChI=1S/C22H31ClN4O6/c1-21(2,3)33-20(30)26-7-5-24-14(9-26)10-32-16-8-15(19(28)29)18(25-17(16)23)27-6-4-22(11-27)12-31-13-22/h8,14,24H,4-7,9-13H2,1-3H3,(H,28,29). The third-order valence-corrected chi connectivity index (χ3v) is 6.33. The van der Waals surface area contributed by atoms with Crippen LogP contribution in [0.4, 0.5) is 10.6 Å². The number of nitrogens with one attached hydrogen (secondary N) is 1. The Morgan fingerprint density at radius 2 is 2.12 bits per heavy atom. The molecule has 4 heterocycles. The van der Waals surface area contributed by atoms with Gasteiger partial charge in [0.2, 0.25) is 0 Å². The van der Waals surface area contributed by atoms with Gasteiger partial charge in [-0.3, -0.25) is 0 Å². The number of carboxylic acid groups (broad SMARTS) is 1. The van der Waals surface area contributed by atoms with Crippen LogP contribution in [0, 0.1) is 5.41 Å². The molecule has 10 nitrogen and oxygen atoms in total. The summed E-state index contributed by atoms with van der Waals surface area (Å²) in [7, 11) is 0. The van der Waals surface area contributed by atoms with Gasteiger partial charge in [-0.05, 0) is 27.2 Å². The molecular weight excluding hydrogens is 452 g/mol. The zero-order chi connectivity index (χ0) is 23.8. The maximum Gasteiger partial charge on any atom is 0.410 e. The Labute approximate surface area is 198 Å². The molecule has 0 aliphatic carbocycles. The van der Waals surface area contributed by atoms with E-state index in [-0.39, 0.29) is 40.6 Å². The van der Waals surface area contributed by atoms with Crippen LogP contribution < -0.4 is 15.0 Å². The fourth-order valence-corrected chi connectivity index (χ4v) is 4.51. The summed E-state index contributed by atoms with van der Waals surface area (Å²) < 4.78 is 16.6. The summed E-state index contributed by atoms with van der Waals surface area (Å²) in [5, 5.41) is 13.2. The molecule has 1 spiro atoms. The van der Waals surface area contributed by atoms with Gasteiger partial charge >= 0.3 is 12.1 Å². The van der Waals surface area contributed by atoms with Gasteiger partial charge in [0.15, 0.2) is 10.9 Å². The zero-order valence-electron chi connectivity index (χ0n) is 19.2. The molecule has 1 aromatic heterocycles. The van der Waals surface area contributed by atoms with Crippen LogP contribution in [-0.4, -0.2) is 91.2 Å². The number of carbonyl (C=O) groups excluding carboxylic acids is 1.